The first-order valence-electron chi connectivity index (χ1n) is 7.54. The number of hydrogen-bond donors (Lipinski definition) is 1. The van der Waals surface area contributed by atoms with Gasteiger partial charge in [-0.25, -0.2) is 0 Å². The molecule has 0 amide bonds. The van der Waals surface area contributed by atoms with Crippen molar-refractivity contribution in [3.05, 3.63) is 29.8 Å². The molecule has 1 aromatic rings. The lowest BCUT2D eigenvalue weighted by Crippen LogP contribution is -2.28. The summed E-state index contributed by atoms with van der Waals surface area (Å²) in [6, 6.07) is 7.91. The molecule has 4 atom stereocenters. The molecule has 106 valence electrons. The summed E-state index contributed by atoms with van der Waals surface area (Å²) < 4.78 is 6.06. The van der Waals surface area contributed by atoms with Gasteiger partial charge in [-0.05, 0) is 55.2 Å². The Balaban J connectivity index is 1.93. The van der Waals surface area contributed by atoms with E-state index in [1.165, 1.54) is 6.42 Å². The second-order valence-electron chi connectivity index (χ2n) is 6.00. The van der Waals surface area contributed by atoms with Gasteiger partial charge in [0.2, 0.25) is 0 Å². The standard InChI is InChI=1S/C17H26O2/c1-4-17(18)14-6-9-15(10-7-14)19-16-8-5-12(2)13(3)11-16/h6-7,9-10,12-13,16-18H,4-5,8,11H2,1-3H3/t12?,13?,16?,17-/m0/s1. The van der Waals surface area contributed by atoms with Crippen molar-refractivity contribution in [2.75, 3.05) is 0 Å². The maximum atomic E-state index is 9.76. The Kier molecular flexibility index (Phi) is 4.87. The summed E-state index contributed by atoms with van der Waals surface area (Å²) in [7, 11) is 0. The van der Waals surface area contributed by atoms with Crippen molar-refractivity contribution < 1.29 is 9.84 Å². The first kappa shape index (κ1) is 14.4. The molecule has 2 nitrogen and oxygen atoms in total. The predicted molar refractivity (Wildman–Crippen MR) is 78.3 cm³/mol. The quantitative estimate of drug-likeness (QED) is 0.875. The van der Waals surface area contributed by atoms with Gasteiger partial charge in [-0.3, -0.25) is 0 Å². The molecule has 0 spiro atoms. The molecule has 0 heterocycles. The van der Waals surface area contributed by atoms with E-state index in [4.69, 9.17) is 4.74 Å². The number of rotatable bonds is 4. The molecule has 1 aromatic carbocycles. The fourth-order valence-electron chi connectivity index (χ4n) is 2.80. The van der Waals surface area contributed by atoms with Gasteiger partial charge in [0.25, 0.3) is 0 Å². The Labute approximate surface area is 116 Å². The maximum Gasteiger partial charge on any atom is 0.119 e. The van der Waals surface area contributed by atoms with Crippen molar-refractivity contribution >= 4 is 0 Å². The van der Waals surface area contributed by atoms with E-state index < -0.39 is 0 Å². The van der Waals surface area contributed by atoms with E-state index in [9.17, 15) is 5.11 Å². The van der Waals surface area contributed by atoms with Gasteiger partial charge in [-0.2, -0.15) is 0 Å². The van der Waals surface area contributed by atoms with Crippen molar-refractivity contribution in [1.29, 1.82) is 0 Å². The van der Waals surface area contributed by atoms with Crippen LogP contribution in [-0.4, -0.2) is 11.2 Å². The Morgan fingerprint density at radius 2 is 1.84 bits per heavy atom. The molecule has 0 saturated heterocycles. The molecular weight excluding hydrogens is 236 g/mol. The molecule has 2 heteroatoms. The highest BCUT2D eigenvalue weighted by molar-refractivity contribution is 5.28. The Bertz CT molecular complexity index is 385. The summed E-state index contributed by atoms with van der Waals surface area (Å²) in [4.78, 5) is 0. The monoisotopic (exact) mass is 262 g/mol. The van der Waals surface area contributed by atoms with Crippen LogP contribution in [0.4, 0.5) is 0 Å². The van der Waals surface area contributed by atoms with Crippen LogP contribution in [0, 0.1) is 11.8 Å². The molecule has 2 rings (SSSR count). The SMILES string of the molecule is CC[C@H](O)c1ccc(OC2CCC(C)C(C)C2)cc1. The molecule has 1 fully saturated rings. The van der Waals surface area contributed by atoms with Crippen molar-refractivity contribution in [3.8, 4) is 5.75 Å². The van der Waals surface area contributed by atoms with Crippen LogP contribution in [0.15, 0.2) is 24.3 Å². The molecule has 3 unspecified atom stereocenters. The molecule has 1 N–H and O–H groups in total. The van der Waals surface area contributed by atoms with Crippen LogP contribution in [0.5, 0.6) is 5.75 Å². The minimum atomic E-state index is -0.357. The van der Waals surface area contributed by atoms with Crippen LogP contribution >= 0.6 is 0 Å². The van der Waals surface area contributed by atoms with Gasteiger partial charge in [0.05, 0.1) is 12.2 Å². The smallest absolute Gasteiger partial charge is 0.119 e. The van der Waals surface area contributed by atoms with Gasteiger partial charge < -0.3 is 9.84 Å². The van der Waals surface area contributed by atoms with Crippen molar-refractivity contribution in [3.63, 3.8) is 0 Å². The highest BCUT2D eigenvalue weighted by Crippen LogP contribution is 2.32. The van der Waals surface area contributed by atoms with Gasteiger partial charge in [-0.1, -0.05) is 32.9 Å². The van der Waals surface area contributed by atoms with Crippen molar-refractivity contribution in [2.45, 2.75) is 58.7 Å². The lowest BCUT2D eigenvalue weighted by atomic mass is 9.80. The van der Waals surface area contributed by atoms with Crippen LogP contribution in [-0.2, 0) is 0 Å². The summed E-state index contributed by atoms with van der Waals surface area (Å²) >= 11 is 0. The molecule has 0 bridgehead atoms. The van der Waals surface area contributed by atoms with Gasteiger partial charge >= 0.3 is 0 Å². The van der Waals surface area contributed by atoms with Crippen molar-refractivity contribution in [1.82, 2.24) is 0 Å². The van der Waals surface area contributed by atoms with Gasteiger partial charge in [0.1, 0.15) is 5.75 Å². The lowest BCUT2D eigenvalue weighted by Gasteiger charge is -2.32. The molecule has 19 heavy (non-hydrogen) atoms. The zero-order valence-electron chi connectivity index (χ0n) is 12.3. The van der Waals surface area contributed by atoms with Crippen LogP contribution < -0.4 is 4.74 Å². The largest absolute Gasteiger partial charge is 0.490 e. The van der Waals surface area contributed by atoms with E-state index in [-0.39, 0.29) is 6.10 Å². The van der Waals surface area contributed by atoms with E-state index in [0.29, 0.717) is 6.10 Å². The second kappa shape index (κ2) is 6.42. The summed E-state index contributed by atoms with van der Waals surface area (Å²) in [5, 5.41) is 9.76. The molecule has 0 aromatic heterocycles. The van der Waals surface area contributed by atoms with Gasteiger partial charge in [-0.15, -0.1) is 0 Å². The first-order chi connectivity index (χ1) is 9.10. The van der Waals surface area contributed by atoms with Crippen LogP contribution in [0.3, 0.4) is 0 Å². The Morgan fingerprint density at radius 1 is 1.16 bits per heavy atom. The third kappa shape index (κ3) is 3.73. The number of aliphatic hydroxyl groups is 1. The average Bonchev–Trinajstić information content (AvgIpc) is 2.43. The van der Waals surface area contributed by atoms with E-state index >= 15 is 0 Å². The van der Waals surface area contributed by atoms with Crippen LogP contribution in [0.1, 0.15) is 58.1 Å². The van der Waals surface area contributed by atoms with Crippen LogP contribution in [0.2, 0.25) is 0 Å². The van der Waals surface area contributed by atoms with E-state index in [1.54, 1.807) is 0 Å². The molecular formula is C17H26O2. The third-order valence-corrected chi connectivity index (χ3v) is 4.50. The number of ether oxygens (including phenoxy) is 1. The van der Waals surface area contributed by atoms with E-state index in [2.05, 4.69) is 13.8 Å². The molecule has 1 saturated carbocycles. The minimum Gasteiger partial charge on any atom is -0.490 e. The van der Waals surface area contributed by atoms with E-state index in [0.717, 1.165) is 42.4 Å². The Morgan fingerprint density at radius 3 is 2.42 bits per heavy atom. The number of hydrogen-bond acceptors (Lipinski definition) is 2. The number of benzene rings is 1. The highest BCUT2D eigenvalue weighted by Gasteiger charge is 2.25. The topological polar surface area (TPSA) is 29.5 Å². The fourth-order valence-corrected chi connectivity index (χ4v) is 2.80. The lowest BCUT2D eigenvalue weighted by molar-refractivity contribution is 0.100. The summed E-state index contributed by atoms with van der Waals surface area (Å²) in [5.74, 6) is 2.50. The molecule has 1 aliphatic rings. The summed E-state index contributed by atoms with van der Waals surface area (Å²) in [6.45, 7) is 6.64. The second-order valence-corrected chi connectivity index (χ2v) is 6.00. The third-order valence-electron chi connectivity index (χ3n) is 4.50. The zero-order valence-corrected chi connectivity index (χ0v) is 12.3. The maximum absolute atomic E-state index is 9.76. The Hall–Kier alpha value is -1.02. The fraction of sp³-hybridized carbons (Fsp3) is 0.647. The van der Waals surface area contributed by atoms with Crippen LogP contribution in [0.25, 0.3) is 0 Å². The summed E-state index contributed by atoms with van der Waals surface area (Å²) in [6.07, 6.45) is 4.32. The normalized spacial score (nSPS) is 28.9. The molecule has 0 aliphatic heterocycles. The average molecular weight is 262 g/mol. The number of aliphatic hydroxyl groups excluding tert-OH is 1. The molecule has 0 radical (unpaired) electrons. The first-order valence-corrected chi connectivity index (χ1v) is 7.54. The summed E-state index contributed by atoms with van der Waals surface area (Å²) in [5.41, 5.74) is 0.973. The van der Waals surface area contributed by atoms with E-state index in [1.807, 2.05) is 31.2 Å². The van der Waals surface area contributed by atoms with Gasteiger partial charge in [0, 0.05) is 0 Å². The predicted octanol–water partition coefficient (Wildman–Crippen LogP) is 4.33. The van der Waals surface area contributed by atoms with Crippen molar-refractivity contribution in [2.24, 2.45) is 11.8 Å². The minimum absolute atomic E-state index is 0.355. The van der Waals surface area contributed by atoms with Gasteiger partial charge in [0.15, 0.2) is 0 Å². The zero-order chi connectivity index (χ0) is 13.8. The molecule has 1 aliphatic carbocycles. The highest BCUT2D eigenvalue weighted by atomic mass is 16.5.